The van der Waals surface area contributed by atoms with Crippen LogP contribution in [0.2, 0.25) is 0 Å². The molecule has 0 radical (unpaired) electrons. The van der Waals surface area contributed by atoms with E-state index in [2.05, 4.69) is 16.7 Å². The van der Waals surface area contributed by atoms with Gasteiger partial charge in [0.15, 0.2) is 0 Å². The van der Waals surface area contributed by atoms with Gasteiger partial charge in [0.2, 0.25) is 0 Å². The van der Waals surface area contributed by atoms with Crippen molar-refractivity contribution in [3.05, 3.63) is 15.6 Å². The minimum atomic E-state index is 0.398. The third kappa shape index (κ3) is 4.01. The predicted molar refractivity (Wildman–Crippen MR) is 99.0 cm³/mol. The zero-order valence-electron chi connectivity index (χ0n) is 15.0. The lowest BCUT2D eigenvalue weighted by molar-refractivity contribution is -0.0212. The summed E-state index contributed by atoms with van der Waals surface area (Å²) in [6, 6.07) is 0. The number of likely N-dealkylation sites (tertiary alicyclic amines) is 1. The Bertz CT molecular complexity index is 523. The van der Waals surface area contributed by atoms with E-state index in [-0.39, 0.29) is 0 Å². The number of aryl methyl sites for hydroxylation is 2. The van der Waals surface area contributed by atoms with E-state index in [9.17, 15) is 0 Å². The number of ether oxygens (including phenoxy) is 1. The van der Waals surface area contributed by atoms with Gasteiger partial charge in [0.1, 0.15) is 0 Å². The number of morpholine rings is 1. The number of aromatic nitrogens is 1. The Morgan fingerprint density at radius 1 is 1.08 bits per heavy atom. The minimum absolute atomic E-state index is 0.398. The fraction of sp³-hybridized carbons (Fsp3) is 0.842. The molecule has 0 N–H and O–H groups in total. The molecule has 0 aromatic carbocycles. The molecule has 3 heterocycles. The standard InChI is InChI=1S/C19H31N3OS/c1-15-13-22(11-12-23-15)10-9-21-8-4-5-16(14-21)19-20-17-6-2-3-7-18(17)24-19/h15-16H,2-14H2,1H3/t15-,16+/m0/s1. The summed E-state index contributed by atoms with van der Waals surface area (Å²) < 4.78 is 5.65. The number of piperidine rings is 1. The largest absolute Gasteiger partial charge is 0.376 e. The molecule has 4 nitrogen and oxygen atoms in total. The molecule has 2 atom stereocenters. The van der Waals surface area contributed by atoms with Gasteiger partial charge >= 0.3 is 0 Å². The van der Waals surface area contributed by atoms with Crippen molar-refractivity contribution in [2.24, 2.45) is 0 Å². The summed E-state index contributed by atoms with van der Waals surface area (Å²) in [5, 5.41) is 1.44. The molecule has 0 saturated carbocycles. The molecule has 24 heavy (non-hydrogen) atoms. The first kappa shape index (κ1) is 17.0. The number of rotatable bonds is 4. The van der Waals surface area contributed by atoms with E-state index in [1.165, 1.54) is 75.4 Å². The second kappa shape index (κ2) is 7.81. The molecule has 3 aliphatic rings. The summed E-state index contributed by atoms with van der Waals surface area (Å²) >= 11 is 2.03. The van der Waals surface area contributed by atoms with Crippen LogP contribution < -0.4 is 0 Å². The molecule has 2 aliphatic heterocycles. The third-order valence-electron chi connectivity index (χ3n) is 5.77. The maximum Gasteiger partial charge on any atom is 0.0974 e. The summed E-state index contributed by atoms with van der Waals surface area (Å²) in [6.07, 6.45) is 8.26. The molecule has 0 unspecified atom stereocenters. The fourth-order valence-electron chi connectivity index (χ4n) is 4.38. The molecule has 2 fully saturated rings. The maximum atomic E-state index is 5.65. The van der Waals surface area contributed by atoms with Crippen LogP contribution in [0.1, 0.15) is 54.1 Å². The highest BCUT2D eigenvalue weighted by atomic mass is 32.1. The van der Waals surface area contributed by atoms with E-state index in [1.54, 1.807) is 4.88 Å². The number of thiazole rings is 1. The van der Waals surface area contributed by atoms with Gasteiger partial charge in [0.25, 0.3) is 0 Å². The smallest absolute Gasteiger partial charge is 0.0974 e. The van der Waals surface area contributed by atoms with Gasteiger partial charge < -0.3 is 9.64 Å². The van der Waals surface area contributed by atoms with E-state index in [0.29, 0.717) is 12.0 Å². The van der Waals surface area contributed by atoms with E-state index in [0.717, 1.165) is 19.7 Å². The van der Waals surface area contributed by atoms with Crippen LogP contribution in [-0.2, 0) is 17.6 Å². The number of fused-ring (bicyclic) bond motifs is 1. The minimum Gasteiger partial charge on any atom is -0.376 e. The molecule has 1 aromatic heterocycles. The summed E-state index contributed by atoms with van der Waals surface area (Å²) in [7, 11) is 0. The summed E-state index contributed by atoms with van der Waals surface area (Å²) in [5.74, 6) is 0.679. The monoisotopic (exact) mass is 349 g/mol. The summed E-state index contributed by atoms with van der Waals surface area (Å²) in [5.41, 5.74) is 1.43. The first-order chi connectivity index (χ1) is 11.8. The molecular weight excluding hydrogens is 318 g/mol. The first-order valence-electron chi connectivity index (χ1n) is 9.83. The van der Waals surface area contributed by atoms with Crippen molar-refractivity contribution >= 4 is 11.3 Å². The van der Waals surface area contributed by atoms with Crippen molar-refractivity contribution in [3.63, 3.8) is 0 Å². The van der Waals surface area contributed by atoms with Crippen molar-refractivity contribution in [1.82, 2.24) is 14.8 Å². The topological polar surface area (TPSA) is 28.6 Å². The van der Waals surface area contributed by atoms with Crippen LogP contribution in [0.4, 0.5) is 0 Å². The normalized spacial score (nSPS) is 29.5. The molecule has 0 bridgehead atoms. The Kier molecular flexibility index (Phi) is 5.52. The van der Waals surface area contributed by atoms with E-state index >= 15 is 0 Å². The van der Waals surface area contributed by atoms with Crippen LogP contribution in [-0.4, -0.2) is 66.8 Å². The lowest BCUT2D eigenvalue weighted by Gasteiger charge is -2.35. The summed E-state index contributed by atoms with van der Waals surface area (Å²) in [4.78, 5) is 11.9. The average Bonchev–Trinajstić information content (AvgIpc) is 3.05. The van der Waals surface area contributed by atoms with Crippen molar-refractivity contribution in [2.45, 2.75) is 57.5 Å². The Hall–Kier alpha value is -0.490. The van der Waals surface area contributed by atoms with E-state index < -0.39 is 0 Å². The third-order valence-corrected chi connectivity index (χ3v) is 7.09. The molecule has 0 spiro atoms. The van der Waals surface area contributed by atoms with Gasteiger partial charge in [0.05, 0.1) is 23.4 Å². The molecule has 1 aliphatic carbocycles. The molecular formula is C19H31N3OS. The molecule has 0 amide bonds. The highest BCUT2D eigenvalue weighted by Crippen LogP contribution is 2.34. The van der Waals surface area contributed by atoms with Gasteiger partial charge in [-0.3, -0.25) is 4.90 Å². The average molecular weight is 350 g/mol. The molecule has 134 valence electrons. The molecule has 4 rings (SSSR count). The highest BCUT2D eigenvalue weighted by Gasteiger charge is 2.26. The Labute approximate surface area is 150 Å². The van der Waals surface area contributed by atoms with Gasteiger partial charge in [-0.1, -0.05) is 0 Å². The summed E-state index contributed by atoms with van der Waals surface area (Å²) in [6.45, 7) is 10.1. The van der Waals surface area contributed by atoms with E-state index in [4.69, 9.17) is 9.72 Å². The zero-order valence-corrected chi connectivity index (χ0v) is 15.8. The predicted octanol–water partition coefficient (Wildman–Crippen LogP) is 2.92. The molecule has 5 heteroatoms. The quantitative estimate of drug-likeness (QED) is 0.836. The lowest BCUT2D eigenvalue weighted by atomic mass is 9.98. The second-order valence-corrected chi connectivity index (χ2v) is 8.87. The van der Waals surface area contributed by atoms with Crippen LogP contribution in [0, 0.1) is 0 Å². The number of hydrogen-bond acceptors (Lipinski definition) is 5. The fourth-order valence-corrected chi connectivity index (χ4v) is 5.66. The number of hydrogen-bond donors (Lipinski definition) is 0. The van der Waals surface area contributed by atoms with E-state index in [1.807, 2.05) is 11.3 Å². The van der Waals surface area contributed by atoms with Crippen molar-refractivity contribution in [2.75, 3.05) is 45.9 Å². The Morgan fingerprint density at radius 2 is 1.92 bits per heavy atom. The van der Waals surface area contributed by atoms with Crippen molar-refractivity contribution in [3.8, 4) is 0 Å². The van der Waals surface area contributed by atoms with Gasteiger partial charge in [-0.15, -0.1) is 11.3 Å². The number of nitrogens with zero attached hydrogens (tertiary/aromatic N) is 3. The van der Waals surface area contributed by atoms with Gasteiger partial charge in [-0.25, -0.2) is 4.98 Å². The van der Waals surface area contributed by atoms with Crippen LogP contribution in [0.5, 0.6) is 0 Å². The van der Waals surface area contributed by atoms with Gasteiger partial charge in [-0.05, 0) is 52.0 Å². The van der Waals surface area contributed by atoms with Crippen LogP contribution in [0.25, 0.3) is 0 Å². The Balaban J connectivity index is 1.31. The molecule has 1 aromatic rings. The Morgan fingerprint density at radius 3 is 2.75 bits per heavy atom. The zero-order chi connectivity index (χ0) is 16.4. The lowest BCUT2D eigenvalue weighted by Crippen LogP contribution is -2.46. The van der Waals surface area contributed by atoms with Crippen LogP contribution >= 0.6 is 11.3 Å². The van der Waals surface area contributed by atoms with Gasteiger partial charge in [-0.2, -0.15) is 0 Å². The SMILES string of the molecule is C[C@H]1CN(CCN2CCC[C@@H](c3nc4c(s3)CCCC4)C2)CCO1. The first-order valence-corrected chi connectivity index (χ1v) is 10.6. The highest BCUT2D eigenvalue weighted by molar-refractivity contribution is 7.11. The van der Waals surface area contributed by atoms with Crippen molar-refractivity contribution in [1.29, 1.82) is 0 Å². The maximum absolute atomic E-state index is 5.65. The van der Waals surface area contributed by atoms with Gasteiger partial charge in [0, 0.05) is 43.5 Å². The second-order valence-electron chi connectivity index (χ2n) is 7.75. The molecule has 2 saturated heterocycles. The van der Waals surface area contributed by atoms with Crippen molar-refractivity contribution < 1.29 is 4.74 Å². The van der Waals surface area contributed by atoms with Crippen LogP contribution in [0.15, 0.2) is 0 Å². The van der Waals surface area contributed by atoms with Crippen LogP contribution in [0.3, 0.4) is 0 Å².